The van der Waals surface area contributed by atoms with Crippen LogP contribution in [0.4, 0.5) is 4.79 Å². The van der Waals surface area contributed by atoms with Gasteiger partial charge in [0.15, 0.2) is 5.90 Å². The molecule has 0 atom stereocenters. The molecule has 0 saturated heterocycles. The maximum Gasteiger partial charge on any atom is 0.527 e. The lowest BCUT2D eigenvalue weighted by Gasteiger charge is -2.24. The zero-order chi connectivity index (χ0) is 9.84. The van der Waals surface area contributed by atoms with E-state index in [0.717, 1.165) is 31.6 Å². The number of carbonyl (C=O) groups is 1. The number of nitrogens with one attached hydrogen (secondary N) is 1. The zero-order valence-corrected chi connectivity index (χ0v) is 8.80. The Hall–Kier alpha value is -0.510. The second-order valence-electron chi connectivity index (χ2n) is 3.71. The van der Waals surface area contributed by atoms with E-state index < -0.39 is 5.30 Å². The lowest BCUT2D eigenvalue weighted by Crippen LogP contribution is -2.23. The van der Waals surface area contributed by atoms with Gasteiger partial charge in [-0.3, -0.25) is 5.41 Å². The molecule has 4 heteroatoms. The Kier molecular flexibility index (Phi) is 3.78. The van der Waals surface area contributed by atoms with Crippen molar-refractivity contribution in [1.82, 2.24) is 0 Å². The van der Waals surface area contributed by atoms with Crippen LogP contribution >= 0.6 is 0 Å². The van der Waals surface area contributed by atoms with Gasteiger partial charge in [-0.05, 0) is 31.6 Å². The van der Waals surface area contributed by atoms with E-state index in [-0.39, 0.29) is 11.8 Å². The van der Waals surface area contributed by atoms with Crippen LogP contribution in [0.15, 0.2) is 0 Å². The molecule has 0 bridgehead atoms. The Labute approximate surface area is 83.8 Å². The van der Waals surface area contributed by atoms with Crippen molar-refractivity contribution in [1.29, 1.82) is 5.41 Å². The van der Waals surface area contributed by atoms with Crippen molar-refractivity contribution in [3.05, 3.63) is 0 Å². The van der Waals surface area contributed by atoms with Gasteiger partial charge in [0.1, 0.15) is 0 Å². The Morgan fingerprint density at radius 1 is 1.38 bits per heavy atom. The number of hydrogen-bond acceptors (Lipinski definition) is 3. The van der Waals surface area contributed by atoms with Crippen LogP contribution in [0.3, 0.4) is 0 Å². The smallest absolute Gasteiger partial charge is 0.372 e. The van der Waals surface area contributed by atoms with E-state index in [1.54, 1.807) is 0 Å². The molecule has 0 heterocycles. The number of rotatable bonds is 1. The molecule has 1 saturated carbocycles. The molecule has 0 aromatic rings. The van der Waals surface area contributed by atoms with Crippen LogP contribution in [0.1, 0.15) is 32.6 Å². The molecule has 0 aliphatic heterocycles. The highest BCUT2D eigenvalue weighted by Crippen LogP contribution is 2.29. The average molecular weight is 202 g/mol. The Bertz CT molecular complexity index is 210. The summed E-state index contributed by atoms with van der Waals surface area (Å²) in [4.78, 5) is 10.5. The fraction of sp³-hybridized carbons (Fsp3) is 0.778. The Balaban J connectivity index is 2.36. The van der Waals surface area contributed by atoms with Crippen LogP contribution in [-0.4, -0.2) is 11.2 Å². The minimum Gasteiger partial charge on any atom is -0.372 e. The lowest BCUT2D eigenvalue weighted by molar-refractivity contribution is 0.216. The molecular formula is C9H16NO2S+. The van der Waals surface area contributed by atoms with E-state index in [0.29, 0.717) is 0 Å². The van der Waals surface area contributed by atoms with Gasteiger partial charge in [-0.1, -0.05) is 6.92 Å². The van der Waals surface area contributed by atoms with Gasteiger partial charge in [-0.25, -0.2) is 0 Å². The van der Waals surface area contributed by atoms with Crippen LogP contribution in [0.25, 0.3) is 0 Å². The third-order valence-electron chi connectivity index (χ3n) is 2.59. The van der Waals surface area contributed by atoms with E-state index >= 15 is 0 Å². The first-order valence-electron chi connectivity index (χ1n) is 4.61. The SMILES string of the molecule is CC1CCC(C(=N)OC(=O)[SH2+])CC1. The molecule has 13 heavy (non-hydrogen) atoms. The van der Waals surface area contributed by atoms with Crippen molar-refractivity contribution in [2.45, 2.75) is 32.6 Å². The number of carbonyl (C=O) groups excluding carboxylic acids is 1. The summed E-state index contributed by atoms with van der Waals surface area (Å²) in [7, 11) is 0. The first kappa shape index (κ1) is 10.6. The standard InChI is InChI=1S/C9H15NO2S/c1-6-2-4-7(5-3-6)8(10)12-9(11)13/h6-7,10H,2-5H2,1H3,(H,11,13)/p+1. The molecule has 1 aliphatic rings. The highest BCUT2D eigenvalue weighted by atomic mass is 32.1. The summed E-state index contributed by atoms with van der Waals surface area (Å²) in [5, 5.41) is 6.94. The van der Waals surface area contributed by atoms with Gasteiger partial charge in [-0.15, -0.1) is 0 Å². The highest BCUT2D eigenvalue weighted by Gasteiger charge is 2.24. The topological polar surface area (TPSA) is 50.1 Å². The van der Waals surface area contributed by atoms with Crippen LogP contribution in [-0.2, 0) is 17.4 Å². The van der Waals surface area contributed by atoms with Crippen molar-refractivity contribution in [2.75, 3.05) is 0 Å². The monoisotopic (exact) mass is 202 g/mol. The average Bonchev–Trinajstić information content (AvgIpc) is 2.04. The van der Waals surface area contributed by atoms with Crippen LogP contribution in [0.2, 0.25) is 0 Å². The van der Waals surface area contributed by atoms with Gasteiger partial charge in [0.2, 0.25) is 0 Å². The summed E-state index contributed by atoms with van der Waals surface area (Å²) in [5.74, 6) is 1.02. The van der Waals surface area contributed by atoms with Crippen molar-refractivity contribution in [2.24, 2.45) is 11.8 Å². The maximum atomic E-state index is 10.5. The van der Waals surface area contributed by atoms with Gasteiger partial charge in [0.05, 0.1) is 12.6 Å². The predicted octanol–water partition coefficient (Wildman–Crippen LogP) is 1.94. The molecule has 1 rings (SSSR count). The quantitative estimate of drug-likeness (QED) is 0.306. The van der Waals surface area contributed by atoms with Gasteiger partial charge in [-0.2, -0.15) is 4.79 Å². The second-order valence-corrected chi connectivity index (χ2v) is 4.12. The summed E-state index contributed by atoms with van der Waals surface area (Å²) in [6.07, 6.45) is 4.21. The highest BCUT2D eigenvalue weighted by molar-refractivity contribution is 7.76. The van der Waals surface area contributed by atoms with E-state index in [1.165, 1.54) is 0 Å². The third-order valence-corrected chi connectivity index (χ3v) is 2.69. The van der Waals surface area contributed by atoms with Crippen LogP contribution in [0, 0.1) is 17.2 Å². The fourth-order valence-electron chi connectivity index (χ4n) is 1.71. The molecule has 1 fully saturated rings. The van der Waals surface area contributed by atoms with E-state index in [4.69, 9.17) is 5.41 Å². The Morgan fingerprint density at radius 2 is 1.92 bits per heavy atom. The molecule has 0 aromatic heterocycles. The largest absolute Gasteiger partial charge is 0.527 e. The lowest BCUT2D eigenvalue weighted by atomic mass is 9.83. The number of ether oxygens (including phenoxy) is 1. The van der Waals surface area contributed by atoms with Gasteiger partial charge >= 0.3 is 5.30 Å². The summed E-state index contributed by atoms with van der Waals surface area (Å²) in [6, 6.07) is 0. The first-order valence-corrected chi connectivity index (χ1v) is 5.11. The molecule has 1 N–H and O–H groups in total. The Morgan fingerprint density at radius 3 is 2.38 bits per heavy atom. The summed E-state index contributed by atoms with van der Waals surface area (Å²) < 4.78 is 4.68. The molecule has 0 aromatic carbocycles. The van der Waals surface area contributed by atoms with Crippen molar-refractivity contribution >= 4 is 23.8 Å². The van der Waals surface area contributed by atoms with Crippen molar-refractivity contribution < 1.29 is 9.53 Å². The summed E-state index contributed by atoms with van der Waals surface area (Å²) >= 11 is 2.70. The van der Waals surface area contributed by atoms with E-state index in [1.807, 2.05) is 0 Å². The molecule has 74 valence electrons. The van der Waals surface area contributed by atoms with Gasteiger partial charge in [0, 0.05) is 5.92 Å². The minimum atomic E-state index is -0.566. The fourth-order valence-corrected chi connectivity index (χ4v) is 1.82. The molecule has 0 unspecified atom stereocenters. The van der Waals surface area contributed by atoms with Crippen LogP contribution < -0.4 is 0 Å². The predicted molar refractivity (Wildman–Crippen MR) is 55.5 cm³/mol. The number of hydrogen-bond donors (Lipinski definition) is 1. The molecule has 3 nitrogen and oxygen atoms in total. The summed E-state index contributed by atoms with van der Waals surface area (Å²) in [6.45, 7) is 2.22. The van der Waals surface area contributed by atoms with E-state index in [2.05, 4.69) is 24.3 Å². The van der Waals surface area contributed by atoms with Crippen LogP contribution in [0.5, 0.6) is 0 Å². The molecule has 0 amide bonds. The zero-order valence-electron chi connectivity index (χ0n) is 7.80. The van der Waals surface area contributed by atoms with Crippen molar-refractivity contribution in [3.63, 3.8) is 0 Å². The molecule has 0 radical (unpaired) electrons. The minimum absolute atomic E-state index is 0.118. The first-order chi connectivity index (χ1) is 6.09. The normalized spacial score (nSPS) is 28.2. The van der Waals surface area contributed by atoms with Crippen molar-refractivity contribution in [3.8, 4) is 0 Å². The third kappa shape index (κ3) is 3.38. The summed E-state index contributed by atoms with van der Waals surface area (Å²) in [5.41, 5.74) is 0. The van der Waals surface area contributed by atoms with Gasteiger partial charge < -0.3 is 4.74 Å². The second kappa shape index (κ2) is 4.65. The molecule has 0 spiro atoms. The molecular weight excluding hydrogens is 186 g/mol. The van der Waals surface area contributed by atoms with E-state index in [9.17, 15) is 4.79 Å². The maximum absolute atomic E-state index is 10.5. The molecule has 1 aliphatic carbocycles. The van der Waals surface area contributed by atoms with Gasteiger partial charge in [0.25, 0.3) is 0 Å².